The molecule has 0 spiro atoms. The first-order valence-electron chi connectivity index (χ1n) is 8.77. The smallest absolute Gasteiger partial charge is 0.165 e. The first kappa shape index (κ1) is 17.9. The summed E-state index contributed by atoms with van der Waals surface area (Å²) < 4.78 is 19.0. The highest BCUT2D eigenvalue weighted by molar-refractivity contribution is 5.23. The van der Waals surface area contributed by atoms with Crippen LogP contribution in [0.3, 0.4) is 0 Å². The number of rotatable bonds is 7. The lowest BCUT2D eigenvalue weighted by Gasteiger charge is -2.35. The number of para-hydroxylation sites is 1. The van der Waals surface area contributed by atoms with Crippen LogP contribution in [-0.2, 0) is 0 Å². The second-order valence-electron chi connectivity index (χ2n) is 6.35. The van der Waals surface area contributed by atoms with Crippen molar-refractivity contribution in [3.8, 4) is 5.75 Å². The molecule has 5 heteroatoms. The maximum atomic E-state index is 13.5. The summed E-state index contributed by atoms with van der Waals surface area (Å²) in [6.07, 6.45) is -0.447. The highest BCUT2D eigenvalue weighted by atomic mass is 19.1. The van der Waals surface area contributed by atoms with Gasteiger partial charge in [0.05, 0.1) is 6.10 Å². The number of hydrogen-bond donors (Lipinski definition) is 1. The van der Waals surface area contributed by atoms with Crippen LogP contribution < -0.4 is 4.74 Å². The average molecular weight is 344 g/mol. The molecule has 1 aliphatic rings. The van der Waals surface area contributed by atoms with Gasteiger partial charge in [0.2, 0.25) is 0 Å². The summed E-state index contributed by atoms with van der Waals surface area (Å²) in [7, 11) is 0. The van der Waals surface area contributed by atoms with E-state index in [2.05, 4.69) is 9.80 Å². The van der Waals surface area contributed by atoms with Gasteiger partial charge in [-0.2, -0.15) is 0 Å². The van der Waals surface area contributed by atoms with Gasteiger partial charge >= 0.3 is 0 Å². The molecule has 1 N–H and O–H groups in total. The lowest BCUT2D eigenvalue weighted by molar-refractivity contribution is 0.0674. The number of hydrogen-bond acceptors (Lipinski definition) is 4. The fraction of sp³-hybridized carbons (Fsp3) is 0.400. The number of halogens is 1. The van der Waals surface area contributed by atoms with Crippen LogP contribution in [0.15, 0.2) is 54.6 Å². The maximum Gasteiger partial charge on any atom is 0.165 e. The minimum absolute atomic E-state index is 0.312. The van der Waals surface area contributed by atoms with Crippen LogP contribution in [0.2, 0.25) is 0 Å². The SMILES string of the molecule is OC(CN1CCN(CCOc2ccccc2F)CC1)c1ccccc1. The number of piperazine rings is 1. The fourth-order valence-corrected chi connectivity index (χ4v) is 3.07. The molecule has 0 bridgehead atoms. The summed E-state index contributed by atoms with van der Waals surface area (Å²) in [6.45, 7) is 5.62. The van der Waals surface area contributed by atoms with E-state index >= 15 is 0 Å². The molecular weight excluding hydrogens is 319 g/mol. The van der Waals surface area contributed by atoms with Crippen molar-refractivity contribution >= 4 is 0 Å². The third-order valence-electron chi connectivity index (χ3n) is 4.58. The average Bonchev–Trinajstić information content (AvgIpc) is 2.65. The Morgan fingerprint density at radius 3 is 2.28 bits per heavy atom. The molecule has 1 atom stereocenters. The van der Waals surface area contributed by atoms with Gasteiger partial charge in [0, 0.05) is 39.3 Å². The molecule has 0 amide bonds. The van der Waals surface area contributed by atoms with Gasteiger partial charge in [-0.3, -0.25) is 9.80 Å². The second-order valence-corrected chi connectivity index (χ2v) is 6.35. The Bertz CT molecular complexity index is 645. The summed E-state index contributed by atoms with van der Waals surface area (Å²) in [5.41, 5.74) is 0.961. The lowest BCUT2D eigenvalue weighted by Crippen LogP contribution is -2.48. The number of ether oxygens (including phenoxy) is 1. The number of aliphatic hydroxyl groups is 1. The van der Waals surface area contributed by atoms with E-state index < -0.39 is 6.10 Å². The Morgan fingerprint density at radius 2 is 1.56 bits per heavy atom. The lowest BCUT2D eigenvalue weighted by atomic mass is 10.1. The largest absolute Gasteiger partial charge is 0.489 e. The Morgan fingerprint density at radius 1 is 0.920 bits per heavy atom. The van der Waals surface area contributed by atoms with Crippen LogP contribution in [0.25, 0.3) is 0 Å². The molecule has 1 aliphatic heterocycles. The molecule has 4 nitrogen and oxygen atoms in total. The Balaban J connectivity index is 1.37. The van der Waals surface area contributed by atoms with Crippen molar-refractivity contribution in [2.45, 2.75) is 6.10 Å². The molecule has 1 fully saturated rings. The minimum atomic E-state index is -0.447. The van der Waals surface area contributed by atoms with Gasteiger partial charge in [0.1, 0.15) is 6.61 Å². The van der Waals surface area contributed by atoms with E-state index in [0.29, 0.717) is 18.9 Å². The molecule has 0 saturated carbocycles. The molecule has 25 heavy (non-hydrogen) atoms. The quantitative estimate of drug-likeness (QED) is 0.837. The number of nitrogens with zero attached hydrogens (tertiary/aromatic N) is 2. The van der Waals surface area contributed by atoms with Gasteiger partial charge in [0.15, 0.2) is 11.6 Å². The molecule has 3 rings (SSSR count). The number of aliphatic hydroxyl groups excluding tert-OH is 1. The summed E-state index contributed by atoms with van der Waals surface area (Å²) in [6, 6.07) is 16.3. The normalized spacial score (nSPS) is 17.4. The summed E-state index contributed by atoms with van der Waals surface area (Å²) in [4.78, 5) is 4.60. The zero-order valence-corrected chi connectivity index (χ0v) is 14.4. The third kappa shape index (κ3) is 5.26. The number of benzene rings is 2. The van der Waals surface area contributed by atoms with Crippen molar-refractivity contribution in [2.75, 3.05) is 45.9 Å². The first-order chi connectivity index (χ1) is 12.2. The van der Waals surface area contributed by atoms with E-state index in [1.54, 1.807) is 18.2 Å². The second kappa shape index (κ2) is 8.94. The Kier molecular flexibility index (Phi) is 6.39. The van der Waals surface area contributed by atoms with Gasteiger partial charge in [-0.05, 0) is 17.7 Å². The van der Waals surface area contributed by atoms with Crippen LogP contribution >= 0.6 is 0 Å². The van der Waals surface area contributed by atoms with Crippen molar-refractivity contribution in [1.82, 2.24) is 9.80 Å². The van der Waals surface area contributed by atoms with Crippen molar-refractivity contribution in [3.05, 3.63) is 66.0 Å². The third-order valence-corrected chi connectivity index (χ3v) is 4.58. The molecule has 0 aliphatic carbocycles. The van der Waals surface area contributed by atoms with Crippen molar-refractivity contribution in [1.29, 1.82) is 0 Å². The molecule has 0 radical (unpaired) electrons. The maximum absolute atomic E-state index is 13.5. The van der Waals surface area contributed by atoms with Gasteiger partial charge in [0.25, 0.3) is 0 Å². The van der Waals surface area contributed by atoms with E-state index in [1.807, 2.05) is 30.3 Å². The molecule has 0 aromatic heterocycles. The fourth-order valence-electron chi connectivity index (χ4n) is 3.07. The predicted octanol–water partition coefficient (Wildman–Crippen LogP) is 2.56. The van der Waals surface area contributed by atoms with E-state index in [4.69, 9.17) is 4.74 Å². The zero-order chi connectivity index (χ0) is 17.5. The van der Waals surface area contributed by atoms with Crippen molar-refractivity contribution in [2.24, 2.45) is 0 Å². The minimum Gasteiger partial charge on any atom is -0.489 e. The summed E-state index contributed by atoms with van der Waals surface area (Å²) >= 11 is 0. The molecule has 1 heterocycles. The van der Waals surface area contributed by atoms with Crippen molar-refractivity contribution < 1.29 is 14.2 Å². The van der Waals surface area contributed by atoms with Gasteiger partial charge in [-0.15, -0.1) is 0 Å². The van der Waals surface area contributed by atoms with Crippen LogP contribution in [0.1, 0.15) is 11.7 Å². The van der Waals surface area contributed by atoms with Crippen LogP contribution in [-0.4, -0.2) is 60.8 Å². The first-order valence-corrected chi connectivity index (χ1v) is 8.77. The van der Waals surface area contributed by atoms with Crippen LogP contribution in [0, 0.1) is 5.82 Å². The monoisotopic (exact) mass is 344 g/mol. The Hall–Kier alpha value is -1.95. The molecule has 2 aromatic carbocycles. The highest BCUT2D eigenvalue weighted by Gasteiger charge is 2.19. The summed E-state index contributed by atoms with van der Waals surface area (Å²) in [5.74, 6) is -0.00524. The molecule has 1 saturated heterocycles. The molecule has 2 aromatic rings. The van der Waals surface area contributed by atoms with E-state index in [1.165, 1.54) is 6.07 Å². The van der Waals surface area contributed by atoms with Gasteiger partial charge < -0.3 is 9.84 Å². The van der Waals surface area contributed by atoms with Gasteiger partial charge in [-0.1, -0.05) is 42.5 Å². The van der Waals surface area contributed by atoms with Gasteiger partial charge in [-0.25, -0.2) is 4.39 Å². The molecular formula is C20H25FN2O2. The van der Waals surface area contributed by atoms with E-state index in [0.717, 1.165) is 38.3 Å². The molecule has 134 valence electrons. The van der Waals surface area contributed by atoms with E-state index in [9.17, 15) is 9.50 Å². The summed E-state index contributed by atoms with van der Waals surface area (Å²) in [5, 5.41) is 10.3. The van der Waals surface area contributed by atoms with Crippen molar-refractivity contribution in [3.63, 3.8) is 0 Å². The predicted molar refractivity (Wildman–Crippen MR) is 96.2 cm³/mol. The highest BCUT2D eigenvalue weighted by Crippen LogP contribution is 2.16. The van der Waals surface area contributed by atoms with Crippen LogP contribution in [0.4, 0.5) is 4.39 Å². The standard InChI is InChI=1S/C20H25FN2O2/c21-18-8-4-5-9-20(18)25-15-14-22-10-12-23(13-11-22)16-19(24)17-6-2-1-3-7-17/h1-9,19,24H,10-16H2. The van der Waals surface area contributed by atoms with Crippen LogP contribution in [0.5, 0.6) is 5.75 Å². The number of β-amino-alcohol motifs (C(OH)–C–C–N with tert-alkyl or cyclic N) is 1. The molecule has 1 unspecified atom stereocenters. The topological polar surface area (TPSA) is 35.9 Å². The zero-order valence-electron chi connectivity index (χ0n) is 14.4. The Labute approximate surface area is 148 Å². The van der Waals surface area contributed by atoms with E-state index in [-0.39, 0.29) is 5.82 Å².